The summed E-state index contributed by atoms with van der Waals surface area (Å²) < 4.78 is 0. The summed E-state index contributed by atoms with van der Waals surface area (Å²) in [5, 5.41) is 0.278. The molecule has 6 heteroatoms. The molecule has 2 rings (SSSR count). The van der Waals surface area contributed by atoms with Crippen LogP contribution in [0.25, 0.3) is 11.0 Å². The molecular weight excluding hydrogens is 223 g/mol. The molecule has 0 saturated heterocycles. The molecule has 0 fully saturated rings. The van der Waals surface area contributed by atoms with Crippen LogP contribution in [0.15, 0.2) is 12.1 Å². The van der Waals surface area contributed by atoms with E-state index in [2.05, 4.69) is 9.97 Å². The first-order chi connectivity index (χ1) is 6.59. The van der Waals surface area contributed by atoms with E-state index in [9.17, 15) is 0 Å². The summed E-state index contributed by atoms with van der Waals surface area (Å²) in [5.41, 5.74) is 13.2. The van der Waals surface area contributed by atoms with Crippen molar-refractivity contribution in [1.82, 2.24) is 9.97 Å². The Morgan fingerprint density at radius 3 is 2.36 bits per heavy atom. The number of fused-ring (bicyclic) bond motifs is 1. The number of anilines is 2. The van der Waals surface area contributed by atoms with Crippen LogP contribution in [-0.2, 0) is 0 Å². The van der Waals surface area contributed by atoms with E-state index in [0.29, 0.717) is 22.4 Å². The first-order valence-electron chi connectivity index (χ1n) is 3.76. The van der Waals surface area contributed by atoms with Crippen LogP contribution >= 0.6 is 23.2 Å². The van der Waals surface area contributed by atoms with Crippen LogP contribution in [0.3, 0.4) is 0 Å². The van der Waals surface area contributed by atoms with Crippen molar-refractivity contribution in [3.05, 3.63) is 22.4 Å². The van der Waals surface area contributed by atoms with Crippen molar-refractivity contribution < 1.29 is 0 Å². The Bertz CT molecular complexity index is 512. The van der Waals surface area contributed by atoms with E-state index in [-0.39, 0.29) is 10.3 Å². The molecule has 0 bridgehead atoms. The number of nitrogen functional groups attached to an aromatic ring is 2. The average molecular weight is 229 g/mol. The molecule has 4 nitrogen and oxygen atoms in total. The van der Waals surface area contributed by atoms with E-state index < -0.39 is 0 Å². The number of nitrogens with two attached hydrogens (primary N) is 2. The lowest BCUT2D eigenvalue weighted by molar-refractivity contribution is 1.29. The number of halogens is 2. The minimum absolute atomic E-state index is 0.122. The zero-order valence-electron chi connectivity index (χ0n) is 6.96. The molecule has 0 saturated carbocycles. The largest absolute Gasteiger partial charge is 0.397 e. The molecule has 1 heterocycles. The van der Waals surface area contributed by atoms with Gasteiger partial charge in [0.15, 0.2) is 10.3 Å². The first kappa shape index (κ1) is 9.30. The molecule has 0 amide bonds. The Morgan fingerprint density at radius 1 is 1.00 bits per heavy atom. The molecule has 0 spiro atoms. The van der Waals surface area contributed by atoms with E-state index in [1.807, 2.05) is 0 Å². The highest BCUT2D eigenvalue weighted by Gasteiger charge is 2.08. The molecule has 0 aliphatic carbocycles. The molecule has 0 aliphatic heterocycles. The zero-order valence-corrected chi connectivity index (χ0v) is 8.47. The minimum atomic E-state index is 0.122. The lowest BCUT2D eigenvalue weighted by Crippen LogP contribution is -1.98. The Balaban J connectivity index is 2.89. The molecule has 0 radical (unpaired) electrons. The Morgan fingerprint density at radius 2 is 1.64 bits per heavy atom. The van der Waals surface area contributed by atoms with Gasteiger partial charge in [-0.3, -0.25) is 0 Å². The fourth-order valence-corrected chi connectivity index (χ4v) is 1.38. The Kier molecular flexibility index (Phi) is 2.09. The van der Waals surface area contributed by atoms with Crippen LogP contribution in [0.4, 0.5) is 11.4 Å². The van der Waals surface area contributed by atoms with Gasteiger partial charge in [-0.25, -0.2) is 9.97 Å². The zero-order chi connectivity index (χ0) is 10.3. The van der Waals surface area contributed by atoms with E-state index in [1.54, 1.807) is 12.1 Å². The fourth-order valence-electron chi connectivity index (χ4n) is 1.12. The maximum atomic E-state index is 5.71. The average Bonchev–Trinajstić information content (AvgIpc) is 2.15. The third kappa shape index (κ3) is 1.32. The van der Waals surface area contributed by atoms with Gasteiger partial charge in [-0.2, -0.15) is 0 Å². The topological polar surface area (TPSA) is 77.8 Å². The van der Waals surface area contributed by atoms with Gasteiger partial charge in [-0.15, -0.1) is 0 Å². The van der Waals surface area contributed by atoms with Crippen LogP contribution in [0.2, 0.25) is 10.3 Å². The summed E-state index contributed by atoms with van der Waals surface area (Å²) in [6.07, 6.45) is 0. The molecule has 1 aromatic carbocycles. The minimum Gasteiger partial charge on any atom is -0.397 e. The number of nitrogens with zero attached hydrogens (tertiary/aromatic N) is 2. The normalized spacial score (nSPS) is 10.7. The van der Waals surface area contributed by atoms with Gasteiger partial charge in [0.25, 0.3) is 0 Å². The molecule has 72 valence electrons. The van der Waals surface area contributed by atoms with E-state index >= 15 is 0 Å². The standard InChI is InChI=1S/C8H6Cl2N4/c9-7-8(10)14-6-4(13-7)2-1-3(11)5(6)12/h1-2H,11-12H2. The van der Waals surface area contributed by atoms with Crippen molar-refractivity contribution >= 4 is 45.6 Å². The Labute approximate surface area is 89.8 Å². The monoisotopic (exact) mass is 228 g/mol. The third-order valence-corrected chi connectivity index (χ3v) is 2.45. The van der Waals surface area contributed by atoms with Crippen molar-refractivity contribution in [2.45, 2.75) is 0 Å². The van der Waals surface area contributed by atoms with Crippen molar-refractivity contribution in [3.8, 4) is 0 Å². The summed E-state index contributed by atoms with van der Waals surface area (Å²) in [6.45, 7) is 0. The second-order valence-electron chi connectivity index (χ2n) is 2.74. The number of hydrogen-bond donors (Lipinski definition) is 2. The van der Waals surface area contributed by atoms with Crippen molar-refractivity contribution in [3.63, 3.8) is 0 Å². The van der Waals surface area contributed by atoms with Gasteiger partial charge < -0.3 is 11.5 Å². The van der Waals surface area contributed by atoms with Gasteiger partial charge >= 0.3 is 0 Å². The molecule has 0 atom stereocenters. The molecule has 4 N–H and O–H groups in total. The SMILES string of the molecule is Nc1ccc2nc(Cl)c(Cl)nc2c1N. The summed E-state index contributed by atoms with van der Waals surface area (Å²) >= 11 is 11.4. The number of rotatable bonds is 0. The van der Waals surface area contributed by atoms with Crippen LogP contribution in [-0.4, -0.2) is 9.97 Å². The molecule has 2 aromatic rings. The maximum absolute atomic E-state index is 5.71. The van der Waals surface area contributed by atoms with Gasteiger partial charge in [0.05, 0.1) is 16.9 Å². The first-order valence-corrected chi connectivity index (χ1v) is 4.52. The molecule has 0 unspecified atom stereocenters. The van der Waals surface area contributed by atoms with Gasteiger partial charge in [0.2, 0.25) is 0 Å². The van der Waals surface area contributed by atoms with E-state index in [0.717, 1.165) is 0 Å². The second-order valence-corrected chi connectivity index (χ2v) is 3.46. The van der Waals surface area contributed by atoms with Crippen LogP contribution in [0.1, 0.15) is 0 Å². The molecular formula is C8H6Cl2N4. The third-order valence-electron chi connectivity index (χ3n) is 1.83. The van der Waals surface area contributed by atoms with Crippen molar-refractivity contribution in [2.75, 3.05) is 11.5 Å². The number of benzene rings is 1. The van der Waals surface area contributed by atoms with Gasteiger partial charge in [-0.1, -0.05) is 23.2 Å². The molecule has 1 aromatic heterocycles. The summed E-state index contributed by atoms with van der Waals surface area (Å²) in [5.74, 6) is 0. The van der Waals surface area contributed by atoms with Gasteiger partial charge in [0.1, 0.15) is 5.52 Å². The lowest BCUT2D eigenvalue weighted by Gasteiger charge is -2.04. The van der Waals surface area contributed by atoms with Gasteiger partial charge in [0, 0.05) is 0 Å². The summed E-state index contributed by atoms with van der Waals surface area (Å²) in [4.78, 5) is 8.01. The highest BCUT2D eigenvalue weighted by Crippen LogP contribution is 2.27. The van der Waals surface area contributed by atoms with E-state index in [4.69, 9.17) is 34.7 Å². The quantitative estimate of drug-likeness (QED) is 0.678. The van der Waals surface area contributed by atoms with Crippen molar-refractivity contribution in [2.24, 2.45) is 0 Å². The van der Waals surface area contributed by atoms with Crippen LogP contribution < -0.4 is 11.5 Å². The van der Waals surface area contributed by atoms with Crippen LogP contribution in [0.5, 0.6) is 0 Å². The van der Waals surface area contributed by atoms with Gasteiger partial charge in [-0.05, 0) is 12.1 Å². The van der Waals surface area contributed by atoms with Crippen molar-refractivity contribution in [1.29, 1.82) is 0 Å². The predicted octanol–water partition coefficient (Wildman–Crippen LogP) is 2.10. The highest BCUT2D eigenvalue weighted by atomic mass is 35.5. The smallest absolute Gasteiger partial charge is 0.167 e. The number of aromatic nitrogens is 2. The second kappa shape index (κ2) is 3.15. The maximum Gasteiger partial charge on any atom is 0.167 e. The fraction of sp³-hybridized carbons (Fsp3) is 0. The molecule has 14 heavy (non-hydrogen) atoms. The lowest BCUT2D eigenvalue weighted by atomic mass is 10.2. The molecule has 0 aliphatic rings. The predicted molar refractivity (Wildman–Crippen MR) is 58.4 cm³/mol. The van der Waals surface area contributed by atoms with Crippen LogP contribution in [0, 0.1) is 0 Å². The summed E-state index contributed by atoms with van der Waals surface area (Å²) in [6, 6.07) is 3.34. The summed E-state index contributed by atoms with van der Waals surface area (Å²) in [7, 11) is 0. The Hall–Kier alpha value is -1.26. The number of hydrogen-bond acceptors (Lipinski definition) is 4. The van der Waals surface area contributed by atoms with E-state index in [1.165, 1.54) is 0 Å². The highest BCUT2D eigenvalue weighted by molar-refractivity contribution is 6.40.